The number of hydrogen-bond donors (Lipinski definition) is 3. The fourth-order valence-corrected chi connectivity index (χ4v) is 4.57. The third-order valence-electron chi connectivity index (χ3n) is 6.37. The first-order chi connectivity index (χ1) is 16.6. The summed E-state index contributed by atoms with van der Waals surface area (Å²) in [5.74, 6) is 0.633. The number of aryl methyl sites for hydroxylation is 1. The molecule has 0 aliphatic carbocycles. The minimum absolute atomic E-state index is 0.0252. The highest BCUT2D eigenvalue weighted by atomic mass is 16.5. The van der Waals surface area contributed by atoms with Gasteiger partial charge in [-0.05, 0) is 48.8 Å². The average Bonchev–Trinajstić information content (AvgIpc) is 2.88. The van der Waals surface area contributed by atoms with Crippen LogP contribution in [0.1, 0.15) is 55.0 Å². The number of para-hydroxylation sites is 2. The topological polar surface area (TPSA) is 74.6 Å². The lowest BCUT2D eigenvalue weighted by molar-refractivity contribution is 0.363. The molecule has 0 saturated heterocycles. The maximum atomic E-state index is 11.5. The van der Waals surface area contributed by atoms with Crippen LogP contribution in [0.3, 0.4) is 0 Å². The maximum absolute atomic E-state index is 11.5. The smallest absolute Gasteiger partial charge is 0.164 e. The van der Waals surface area contributed by atoms with Gasteiger partial charge < -0.3 is 20.3 Å². The molecule has 5 heteroatoms. The van der Waals surface area contributed by atoms with Gasteiger partial charge in [0, 0.05) is 17.3 Å². The van der Waals surface area contributed by atoms with Gasteiger partial charge in [0.15, 0.2) is 11.5 Å². The van der Waals surface area contributed by atoms with Crippen LogP contribution in [0.2, 0.25) is 0 Å². The SMILES string of the molecule is CCCCCCc1cccc(C2(c3cccc(OC)c3O)C=CC=C(c3ccccn3)N2)c1O. The number of ether oxygens (including phenoxy) is 1. The Labute approximate surface area is 201 Å². The predicted octanol–water partition coefficient (Wildman–Crippen LogP) is 6.07. The predicted molar refractivity (Wildman–Crippen MR) is 136 cm³/mol. The van der Waals surface area contributed by atoms with E-state index in [1.165, 1.54) is 20.0 Å². The molecule has 1 unspecified atom stereocenters. The van der Waals surface area contributed by atoms with E-state index in [-0.39, 0.29) is 11.5 Å². The first-order valence-corrected chi connectivity index (χ1v) is 11.9. The van der Waals surface area contributed by atoms with Gasteiger partial charge in [0.05, 0.1) is 18.5 Å². The highest BCUT2D eigenvalue weighted by Crippen LogP contribution is 2.46. The van der Waals surface area contributed by atoms with Crippen LogP contribution < -0.4 is 10.1 Å². The fourth-order valence-electron chi connectivity index (χ4n) is 4.57. The van der Waals surface area contributed by atoms with E-state index >= 15 is 0 Å². The minimum atomic E-state index is -1.02. The molecule has 3 aromatic rings. The Balaban J connectivity index is 1.84. The zero-order valence-corrected chi connectivity index (χ0v) is 19.8. The van der Waals surface area contributed by atoms with Crippen molar-refractivity contribution >= 4 is 5.70 Å². The number of dihydropyridines is 1. The normalized spacial score (nSPS) is 17.2. The van der Waals surface area contributed by atoms with Crippen LogP contribution >= 0.6 is 0 Å². The summed E-state index contributed by atoms with van der Waals surface area (Å²) in [5, 5.41) is 26.2. The van der Waals surface area contributed by atoms with Gasteiger partial charge in [0.1, 0.15) is 11.3 Å². The molecule has 3 N–H and O–H groups in total. The van der Waals surface area contributed by atoms with Gasteiger partial charge in [-0.25, -0.2) is 0 Å². The quantitative estimate of drug-likeness (QED) is 0.341. The standard InChI is InChI=1S/C29H32N2O3/c1-3-4-5-6-12-21-13-9-14-22(27(21)32)29(23-15-10-18-26(34-2)28(23)33)19-11-17-25(31-29)24-16-7-8-20-30-24/h7-11,13-20,31-33H,3-6,12H2,1-2H3. The molecule has 0 amide bonds. The molecule has 0 saturated carbocycles. The Kier molecular flexibility index (Phi) is 7.21. The number of hydrogen-bond acceptors (Lipinski definition) is 5. The summed E-state index contributed by atoms with van der Waals surface area (Å²) in [5.41, 5.74) is 2.69. The fraction of sp³-hybridized carbons (Fsp3) is 0.276. The van der Waals surface area contributed by atoms with E-state index in [1.54, 1.807) is 12.3 Å². The van der Waals surface area contributed by atoms with Gasteiger partial charge in [0.25, 0.3) is 0 Å². The monoisotopic (exact) mass is 456 g/mol. The lowest BCUT2D eigenvalue weighted by atomic mass is 9.78. The Bertz CT molecular complexity index is 1190. The zero-order valence-electron chi connectivity index (χ0n) is 19.8. The molecule has 0 radical (unpaired) electrons. The van der Waals surface area contributed by atoms with E-state index in [1.807, 2.05) is 66.8 Å². The van der Waals surface area contributed by atoms with Crippen molar-refractivity contribution in [1.82, 2.24) is 10.3 Å². The van der Waals surface area contributed by atoms with Crippen molar-refractivity contribution < 1.29 is 14.9 Å². The van der Waals surface area contributed by atoms with Gasteiger partial charge >= 0.3 is 0 Å². The van der Waals surface area contributed by atoms with Gasteiger partial charge in [-0.2, -0.15) is 0 Å². The van der Waals surface area contributed by atoms with Crippen LogP contribution in [-0.4, -0.2) is 22.3 Å². The van der Waals surface area contributed by atoms with E-state index in [0.717, 1.165) is 36.2 Å². The molecule has 176 valence electrons. The molecule has 0 bridgehead atoms. The number of unbranched alkanes of at least 4 members (excludes halogenated alkanes) is 3. The van der Waals surface area contributed by atoms with E-state index < -0.39 is 5.54 Å². The van der Waals surface area contributed by atoms with Gasteiger partial charge in [-0.15, -0.1) is 0 Å². The van der Waals surface area contributed by atoms with Crippen molar-refractivity contribution in [3.63, 3.8) is 0 Å². The minimum Gasteiger partial charge on any atom is -0.507 e. The molecular weight excluding hydrogens is 424 g/mol. The highest BCUT2D eigenvalue weighted by molar-refractivity contribution is 5.71. The number of aromatic hydroxyl groups is 2. The Morgan fingerprint density at radius 2 is 1.71 bits per heavy atom. The maximum Gasteiger partial charge on any atom is 0.164 e. The summed E-state index contributed by atoms with van der Waals surface area (Å²) in [7, 11) is 1.53. The summed E-state index contributed by atoms with van der Waals surface area (Å²) in [6, 6.07) is 17.0. The van der Waals surface area contributed by atoms with E-state index in [0.29, 0.717) is 16.9 Å². The van der Waals surface area contributed by atoms with Crippen LogP contribution in [0.5, 0.6) is 17.2 Å². The van der Waals surface area contributed by atoms with Crippen molar-refractivity contribution in [3.8, 4) is 17.2 Å². The molecule has 34 heavy (non-hydrogen) atoms. The summed E-state index contributed by atoms with van der Waals surface area (Å²) in [6.07, 6.45) is 12.9. The van der Waals surface area contributed by atoms with E-state index in [9.17, 15) is 10.2 Å². The van der Waals surface area contributed by atoms with E-state index in [2.05, 4.69) is 17.2 Å². The number of rotatable bonds is 9. The Hall–Kier alpha value is -3.73. The van der Waals surface area contributed by atoms with Crippen molar-refractivity contribution in [2.75, 3.05) is 7.11 Å². The number of methoxy groups -OCH3 is 1. The molecule has 4 rings (SSSR count). The molecule has 1 aromatic heterocycles. The van der Waals surface area contributed by atoms with Crippen molar-refractivity contribution in [2.24, 2.45) is 0 Å². The third kappa shape index (κ3) is 4.51. The molecule has 1 aliphatic heterocycles. The first kappa shape index (κ1) is 23.4. The highest BCUT2D eigenvalue weighted by Gasteiger charge is 2.39. The van der Waals surface area contributed by atoms with Gasteiger partial charge in [-0.3, -0.25) is 4.98 Å². The number of benzene rings is 2. The summed E-state index contributed by atoms with van der Waals surface area (Å²) in [4.78, 5) is 4.50. The molecular formula is C29H32N2O3. The van der Waals surface area contributed by atoms with Crippen LogP contribution in [0.4, 0.5) is 0 Å². The molecule has 0 spiro atoms. The second-order valence-electron chi connectivity index (χ2n) is 8.57. The number of nitrogens with one attached hydrogen (secondary N) is 1. The Morgan fingerprint density at radius 3 is 2.44 bits per heavy atom. The van der Waals surface area contributed by atoms with Crippen molar-refractivity contribution in [1.29, 1.82) is 0 Å². The largest absolute Gasteiger partial charge is 0.507 e. The molecule has 2 aromatic carbocycles. The van der Waals surface area contributed by atoms with Crippen molar-refractivity contribution in [2.45, 2.75) is 44.6 Å². The lowest BCUT2D eigenvalue weighted by Crippen LogP contribution is -2.42. The third-order valence-corrected chi connectivity index (χ3v) is 6.37. The van der Waals surface area contributed by atoms with Gasteiger partial charge in [0.2, 0.25) is 0 Å². The number of pyridine rings is 1. The number of allylic oxidation sites excluding steroid dienone is 2. The summed E-state index contributed by atoms with van der Waals surface area (Å²) >= 11 is 0. The van der Waals surface area contributed by atoms with Gasteiger partial charge in [-0.1, -0.05) is 68.7 Å². The molecule has 1 aliphatic rings. The van der Waals surface area contributed by atoms with Crippen LogP contribution in [0, 0.1) is 0 Å². The zero-order chi connectivity index (χ0) is 24.0. The number of phenolic OH excluding ortho intramolecular Hbond substituents is 2. The number of aromatic nitrogens is 1. The van der Waals surface area contributed by atoms with Crippen LogP contribution in [0.15, 0.2) is 79.0 Å². The molecule has 1 atom stereocenters. The molecule has 2 heterocycles. The van der Waals surface area contributed by atoms with E-state index in [4.69, 9.17) is 4.74 Å². The first-order valence-electron chi connectivity index (χ1n) is 11.9. The Morgan fingerprint density at radius 1 is 0.912 bits per heavy atom. The van der Waals surface area contributed by atoms with Crippen LogP contribution in [0.25, 0.3) is 5.70 Å². The number of nitrogens with zero attached hydrogens (tertiary/aromatic N) is 1. The summed E-state index contributed by atoms with van der Waals surface area (Å²) < 4.78 is 5.41. The molecule has 0 fully saturated rings. The number of phenols is 2. The second-order valence-corrected chi connectivity index (χ2v) is 8.57. The summed E-state index contributed by atoms with van der Waals surface area (Å²) in [6.45, 7) is 2.19. The van der Waals surface area contributed by atoms with Crippen LogP contribution in [-0.2, 0) is 12.0 Å². The average molecular weight is 457 g/mol. The van der Waals surface area contributed by atoms with Crippen molar-refractivity contribution in [3.05, 3.63) is 101 Å². The molecule has 5 nitrogen and oxygen atoms in total. The lowest BCUT2D eigenvalue weighted by Gasteiger charge is -2.38. The second kappa shape index (κ2) is 10.5.